The van der Waals surface area contributed by atoms with Gasteiger partial charge in [0, 0.05) is 11.7 Å². The molecular weight excluding hydrogens is 210 g/mol. The summed E-state index contributed by atoms with van der Waals surface area (Å²) in [6.07, 6.45) is 0.914. The second kappa shape index (κ2) is 4.72. The van der Waals surface area contributed by atoms with E-state index in [-0.39, 0.29) is 6.04 Å². The third kappa shape index (κ3) is 2.74. The molecule has 17 heavy (non-hydrogen) atoms. The Morgan fingerprint density at radius 2 is 1.88 bits per heavy atom. The van der Waals surface area contributed by atoms with Gasteiger partial charge in [0.15, 0.2) is 0 Å². The molecular formula is C14H19N3. The van der Waals surface area contributed by atoms with Gasteiger partial charge in [-0.15, -0.1) is 0 Å². The van der Waals surface area contributed by atoms with Crippen LogP contribution in [0.1, 0.15) is 23.9 Å². The van der Waals surface area contributed by atoms with Crippen molar-refractivity contribution in [3.8, 4) is 5.69 Å². The highest BCUT2D eigenvalue weighted by Crippen LogP contribution is 2.13. The molecule has 0 radical (unpaired) electrons. The number of aryl methyl sites for hydroxylation is 2. The molecule has 0 spiro atoms. The van der Waals surface area contributed by atoms with Crippen LogP contribution in [0.25, 0.3) is 5.69 Å². The first-order valence-electron chi connectivity index (χ1n) is 5.94. The highest BCUT2D eigenvalue weighted by atomic mass is 15.3. The van der Waals surface area contributed by atoms with E-state index in [4.69, 9.17) is 5.73 Å². The topological polar surface area (TPSA) is 43.8 Å². The normalized spacial score (nSPS) is 12.7. The first kappa shape index (κ1) is 11.9. The molecule has 3 heteroatoms. The predicted molar refractivity (Wildman–Crippen MR) is 70.4 cm³/mol. The zero-order valence-corrected chi connectivity index (χ0v) is 10.6. The zero-order chi connectivity index (χ0) is 12.4. The molecule has 0 aliphatic rings. The van der Waals surface area contributed by atoms with Crippen molar-refractivity contribution in [2.45, 2.75) is 33.2 Å². The highest BCUT2D eigenvalue weighted by Gasteiger charge is 2.04. The van der Waals surface area contributed by atoms with Gasteiger partial charge in [-0.2, -0.15) is 5.10 Å². The van der Waals surface area contributed by atoms with Crippen molar-refractivity contribution in [1.82, 2.24) is 9.78 Å². The van der Waals surface area contributed by atoms with Crippen molar-refractivity contribution in [2.24, 2.45) is 5.73 Å². The van der Waals surface area contributed by atoms with E-state index in [1.54, 1.807) is 0 Å². The maximum Gasteiger partial charge on any atom is 0.0648 e. The van der Waals surface area contributed by atoms with Crippen LogP contribution in [0.2, 0.25) is 0 Å². The van der Waals surface area contributed by atoms with Gasteiger partial charge in [0.1, 0.15) is 0 Å². The fourth-order valence-corrected chi connectivity index (χ4v) is 2.04. The van der Waals surface area contributed by atoms with Gasteiger partial charge in [-0.1, -0.05) is 12.1 Å². The minimum atomic E-state index is 0.203. The van der Waals surface area contributed by atoms with Crippen LogP contribution in [0.4, 0.5) is 0 Å². The summed E-state index contributed by atoms with van der Waals surface area (Å²) >= 11 is 0. The maximum absolute atomic E-state index is 5.78. The molecule has 3 nitrogen and oxygen atoms in total. The molecule has 2 N–H and O–H groups in total. The predicted octanol–water partition coefficient (Wildman–Crippen LogP) is 2.38. The zero-order valence-electron chi connectivity index (χ0n) is 10.6. The molecule has 0 aliphatic carbocycles. The largest absolute Gasteiger partial charge is 0.328 e. The number of nitrogens with two attached hydrogens (primary N) is 1. The molecule has 0 fully saturated rings. The number of aromatic nitrogens is 2. The monoisotopic (exact) mass is 229 g/mol. The van der Waals surface area contributed by atoms with E-state index in [0.29, 0.717) is 0 Å². The van der Waals surface area contributed by atoms with Gasteiger partial charge >= 0.3 is 0 Å². The molecule has 1 unspecified atom stereocenters. The van der Waals surface area contributed by atoms with E-state index in [2.05, 4.69) is 42.4 Å². The van der Waals surface area contributed by atoms with Crippen molar-refractivity contribution in [3.05, 3.63) is 47.3 Å². The number of benzene rings is 1. The van der Waals surface area contributed by atoms with E-state index >= 15 is 0 Å². The Labute approximate surface area is 102 Å². The summed E-state index contributed by atoms with van der Waals surface area (Å²) in [5.74, 6) is 0. The van der Waals surface area contributed by atoms with E-state index in [1.165, 1.54) is 5.56 Å². The second-order valence-electron chi connectivity index (χ2n) is 4.69. The summed E-state index contributed by atoms with van der Waals surface area (Å²) in [7, 11) is 0. The van der Waals surface area contributed by atoms with Gasteiger partial charge in [-0.25, -0.2) is 4.68 Å². The van der Waals surface area contributed by atoms with Crippen LogP contribution in [0.15, 0.2) is 30.3 Å². The fourth-order valence-electron chi connectivity index (χ4n) is 2.04. The summed E-state index contributed by atoms with van der Waals surface area (Å²) in [4.78, 5) is 0. The molecule has 2 aromatic rings. The van der Waals surface area contributed by atoms with E-state index in [0.717, 1.165) is 23.5 Å². The van der Waals surface area contributed by atoms with Crippen molar-refractivity contribution in [2.75, 3.05) is 0 Å². The van der Waals surface area contributed by atoms with Crippen molar-refractivity contribution >= 4 is 0 Å². The van der Waals surface area contributed by atoms with Crippen LogP contribution in [-0.2, 0) is 6.42 Å². The van der Waals surface area contributed by atoms with Gasteiger partial charge in [0.2, 0.25) is 0 Å². The third-order valence-electron chi connectivity index (χ3n) is 2.75. The van der Waals surface area contributed by atoms with Gasteiger partial charge < -0.3 is 5.73 Å². The molecule has 1 aromatic heterocycles. The SMILES string of the molecule is Cc1cc(C)n(-c2ccc(CC(C)N)cc2)n1. The van der Waals surface area contributed by atoms with Crippen molar-refractivity contribution in [1.29, 1.82) is 0 Å². The molecule has 1 atom stereocenters. The van der Waals surface area contributed by atoms with Gasteiger partial charge in [-0.3, -0.25) is 0 Å². The summed E-state index contributed by atoms with van der Waals surface area (Å²) in [6.45, 7) is 6.10. The maximum atomic E-state index is 5.78. The molecule has 0 saturated heterocycles. The molecule has 0 bridgehead atoms. The molecule has 1 aromatic carbocycles. The number of hydrogen-bond donors (Lipinski definition) is 1. The van der Waals surface area contributed by atoms with Crippen molar-refractivity contribution in [3.63, 3.8) is 0 Å². The molecule has 2 rings (SSSR count). The lowest BCUT2D eigenvalue weighted by atomic mass is 10.1. The first-order valence-corrected chi connectivity index (χ1v) is 5.94. The van der Waals surface area contributed by atoms with Crippen molar-refractivity contribution < 1.29 is 0 Å². The van der Waals surface area contributed by atoms with Gasteiger partial charge in [-0.05, 0) is 51.0 Å². The summed E-state index contributed by atoms with van der Waals surface area (Å²) in [5, 5.41) is 4.46. The Morgan fingerprint density at radius 1 is 1.24 bits per heavy atom. The lowest BCUT2D eigenvalue weighted by molar-refractivity contribution is 0.737. The van der Waals surface area contributed by atoms with Gasteiger partial charge in [0.25, 0.3) is 0 Å². The number of hydrogen-bond acceptors (Lipinski definition) is 2. The fraction of sp³-hybridized carbons (Fsp3) is 0.357. The summed E-state index contributed by atoms with van der Waals surface area (Å²) < 4.78 is 1.96. The Hall–Kier alpha value is -1.61. The third-order valence-corrected chi connectivity index (χ3v) is 2.75. The Bertz CT molecular complexity index is 495. The van der Waals surface area contributed by atoms with Crippen LogP contribution in [0, 0.1) is 13.8 Å². The first-order chi connectivity index (χ1) is 8.06. The lowest BCUT2D eigenvalue weighted by Gasteiger charge is -2.08. The quantitative estimate of drug-likeness (QED) is 0.878. The Morgan fingerprint density at radius 3 is 2.35 bits per heavy atom. The van der Waals surface area contributed by atoms with E-state index in [9.17, 15) is 0 Å². The average molecular weight is 229 g/mol. The highest BCUT2D eigenvalue weighted by molar-refractivity contribution is 5.36. The molecule has 0 aliphatic heterocycles. The molecule has 0 saturated carbocycles. The minimum absolute atomic E-state index is 0.203. The Kier molecular flexibility index (Phi) is 3.29. The van der Waals surface area contributed by atoms with E-state index in [1.807, 2.05) is 18.5 Å². The van der Waals surface area contributed by atoms with Crippen LogP contribution < -0.4 is 5.73 Å². The van der Waals surface area contributed by atoms with Crippen LogP contribution in [-0.4, -0.2) is 15.8 Å². The summed E-state index contributed by atoms with van der Waals surface area (Å²) in [6, 6.07) is 10.7. The summed E-state index contributed by atoms with van der Waals surface area (Å²) in [5.41, 5.74) is 10.4. The average Bonchev–Trinajstić information content (AvgIpc) is 2.58. The van der Waals surface area contributed by atoms with E-state index < -0.39 is 0 Å². The van der Waals surface area contributed by atoms with Gasteiger partial charge in [0.05, 0.1) is 11.4 Å². The van der Waals surface area contributed by atoms with Crippen LogP contribution in [0.3, 0.4) is 0 Å². The smallest absolute Gasteiger partial charge is 0.0648 e. The molecule has 0 amide bonds. The second-order valence-corrected chi connectivity index (χ2v) is 4.69. The Balaban J connectivity index is 2.26. The lowest BCUT2D eigenvalue weighted by Crippen LogP contribution is -2.17. The van der Waals surface area contributed by atoms with Crippen LogP contribution >= 0.6 is 0 Å². The minimum Gasteiger partial charge on any atom is -0.328 e. The number of nitrogens with zero attached hydrogens (tertiary/aromatic N) is 2. The van der Waals surface area contributed by atoms with Crippen LogP contribution in [0.5, 0.6) is 0 Å². The standard InChI is InChI=1S/C14H19N3/c1-10(15)8-13-4-6-14(7-5-13)17-12(3)9-11(2)16-17/h4-7,9-10H,8,15H2,1-3H3. The molecule has 90 valence electrons. The number of rotatable bonds is 3. The molecule has 1 heterocycles.